The van der Waals surface area contributed by atoms with Gasteiger partial charge in [0.15, 0.2) is 0 Å². The van der Waals surface area contributed by atoms with Crippen LogP contribution in [-0.2, 0) is 13.6 Å². The number of aryl methyl sites for hydroxylation is 1. The molecule has 1 heterocycles. The topological polar surface area (TPSA) is 44.0 Å². The van der Waals surface area contributed by atoms with E-state index >= 15 is 0 Å². The van der Waals surface area contributed by atoms with E-state index in [1.807, 2.05) is 6.92 Å². The number of hydrogen-bond acceptors (Lipinski definition) is 3. The first-order valence-corrected chi connectivity index (χ1v) is 5.60. The molecule has 4 nitrogen and oxygen atoms in total. The van der Waals surface area contributed by atoms with E-state index in [0.717, 1.165) is 12.2 Å². The lowest BCUT2D eigenvalue weighted by molar-refractivity contribution is 0.461. The largest absolute Gasteiger partial charge is 0.316 e. The van der Waals surface area contributed by atoms with Crippen molar-refractivity contribution < 1.29 is 0 Å². The van der Waals surface area contributed by atoms with Crippen molar-refractivity contribution in [2.75, 3.05) is 5.75 Å². The Balaban J connectivity index is 3.02. The van der Waals surface area contributed by atoms with Gasteiger partial charge in [0.25, 0.3) is 0 Å². The van der Waals surface area contributed by atoms with E-state index in [1.165, 1.54) is 9.13 Å². The minimum Gasteiger partial charge on any atom is -0.312 e. The molecule has 1 atom stereocenters. The zero-order chi connectivity index (χ0) is 11.4. The van der Waals surface area contributed by atoms with Crippen LogP contribution in [0.2, 0.25) is 0 Å². The summed E-state index contributed by atoms with van der Waals surface area (Å²) in [5.41, 5.74) is -0.938. The van der Waals surface area contributed by atoms with Crippen molar-refractivity contribution in [2.45, 2.75) is 19.9 Å². The van der Waals surface area contributed by atoms with Gasteiger partial charge in [0, 0.05) is 26.0 Å². The second-order valence-electron chi connectivity index (χ2n) is 3.63. The minimum atomic E-state index is -0.480. The maximum Gasteiger partial charge on any atom is 0.316 e. The van der Waals surface area contributed by atoms with Gasteiger partial charge < -0.3 is 9.13 Å². The van der Waals surface area contributed by atoms with Gasteiger partial charge in [0.1, 0.15) is 0 Å². The molecule has 0 fully saturated rings. The molecule has 84 valence electrons. The van der Waals surface area contributed by atoms with Gasteiger partial charge >= 0.3 is 11.1 Å². The second-order valence-corrected chi connectivity index (χ2v) is 3.99. The van der Waals surface area contributed by atoms with Gasteiger partial charge in [-0.2, -0.15) is 12.6 Å². The molecular weight excluding hydrogens is 212 g/mol. The molecular formula is C10H16N2O2S. The van der Waals surface area contributed by atoms with Crippen molar-refractivity contribution in [3.05, 3.63) is 33.1 Å². The minimum absolute atomic E-state index is 0.332. The van der Waals surface area contributed by atoms with Gasteiger partial charge in [0.2, 0.25) is 0 Å². The third kappa shape index (κ3) is 2.75. The number of rotatable bonds is 4. The molecule has 0 radical (unpaired) electrons. The molecule has 0 amide bonds. The van der Waals surface area contributed by atoms with Gasteiger partial charge in [-0.3, -0.25) is 9.59 Å². The van der Waals surface area contributed by atoms with Crippen LogP contribution in [0.5, 0.6) is 0 Å². The number of nitrogens with zero attached hydrogens (tertiary/aromatic N) is 2. The first-order chi connectivity index (χ1) is 7.10. The molecule has 5 heteroatoms. The van der Waals surface area contributed by atoms with Crippen molar-refractivity contribution >= 4 is 12.6 Å². The van der Waals surface area contributed by atoms with E-state index in [4.69, 9.17) is 0 Å². The average Bonchev–Trinajstić information content (AvgIpc) is 2.25. The maximum atomic E-state index is 11.6. The molecule has 0 saturated heterocycles. The lowest BCUT2D eigenvalue weighted by Crippen LogP contribution is -2.40. The fraction of sp³-hybridized carbons (Fsp3) is 0.600. The molecule has 0 bridgehead atoms. The summed E-state index contributed by atoms with van der Waals surface area (Å²) in [6.07, 6.45) is 4.20. The van der Waals surface area contributed by atoms with Crippen LogP contribution in [0.1, 0.15) is 13.3 Å². The Kier molecular flexibility index (Phi) is 4.20. The predicted molar refractivity (Wildman–Crippen MR) is 63.6 cm³/mol. The summed E-state index contributed by atoms with van der Waals surface area (Å²) in [7, 11) is 1.57. The Labute approximate surface area is 94.0 Å². The van der Waals surface area contributed by atoms with Crippen LogP contribution in [-0.4, -0.2) is 14.9 Å². The summed E-state index contributed by atoms with van der Waals surface area (Å²) >= 11 is 4.21. The molecule has 1 aromatic rings. The molecule has 0 aliphatic carbocycles. The molecule has 0 aliphatic rings. The van der Waals surface area contributed by atoms with Gasteiger partial charge in [-0.25, -0.2) is 0 Å². The summed E-state index contributed by atoms with van der Waals surface area (Å²) in [6.45, 7) is 2.61. The summed E-state index contributed by atoms with van der Waals surface area (Å²) in [4.78, 5) is 22.9. The zero-order valence-electron chi connectivity index (χ0n) is 9.01. The third-order valence-electron chi connectivity index (χ3n) is 2.52. The van der Waals surface area contributed by atoms with E-state index in [1.54, 1.807) is 19.4 Å². The van der Waals surface area contributed by atoms with Crippen LogP contribution in [0.15, 0.2) is 22.0 Å². The molecule has 1 unspecified atom stereocenters. The molecule has 0 saturated carbocycles. The number of hydrogen-bond donors (Lipinski definition) is 1. The predicted octanol–water partition coefficient (Wildman–Crippen LogP) is 0.503. The monoisotopic (exact) mass is 228 g/mol. The van der Waals surface area contributed by atoms with Crippen LogP contribution in [0.25, 0.3) is 0 Å². The Morgan fingerprint density at radius 3 is 2.53 bits per heavy atom. The molecule has 0 spiro atoms. The van der Waals surface area contributed by atoms with Gasteiger partial charge in [-0.15, -0.1) is 0 Å². The normalized spacial score (nSPS) is 12.7. The zero-order valence-corrected chi connectivity index (χ0v) is 9.91. The third-order valence-corrected chi connectivity index (χ3v) is 3.04. The highest BCUT2D eigenvalue weighted by atomic mass is 32.1. The van der Waals surface area contributed by atoms with Crippen LogP contribution in [0.4, 0.5) is 0 Å². The van der Waals surface area contributed by atoms with Crippen LogP contribution in [0, 0.1) is 5.92 Å². The fourth-order valence-electron chi connectivity index (χ4n) is 1.33. The van der Waals surface area contributed by atoms with E-state index in [9.17, 15) is 9.59 Å². The molecule has 15 heavy (non-hydrogen) atoms. The van der Waals surface area contributed by atoms with E-state index in [-0.39, 0.29) is 0 Å². The molecule has 0 aliphatic heterocycles. The van der Waals surface area contributed by atoms with Crippen molar-refractivity contribution in [2.24, 2.45) is 13.0 Å². The van der Waals surface area contributed by atoms with Crippen molar-refractivity contribution in [1.82, 2.24) is 9.13 Å². The second kappa shape index (κ2) is 5.21. The lowest BCUT2D eigenvalue weighted by Gasteiger charge is -2.13. The molecule has 1 aromatic heterocycles. The Morgan fingerprint density at radius 1 is 1.33 bits per heavy atom. The standard InChI is InChI=1S/C10H16N2O2S/c1-3-8(7-15)6-12-5-4-11(2)9(13)10(12)14/h4-5,8,15H,3,6-7H2,1-2H3. The van der Waals surface area contributed by atoms with Crippen LogP contribution in [0.3, 0.4) is 0 Å². The summed E-state index contributed by atoms with van der Waals surface area (Å²) < 4.78 is 2.76. The number of aromatic nitrogens is 2. The summed E-state index contributed by atoms with van der Waals surface area (Å²) in [6, 6.07) is 0. The summed E-state index contributed by atoms with van der Waals surface area (Å²) in [5, 5.41) is 0. The van der Waals surface area contributed by atoms with Gasteiger partial charge in [-0.05, 0) is 11.7 Å². The maximum absolute atomic E-state index is 11.6. The van der Waals surface area contributed by atoms with Crippen molar-refractivity contribution in [3.63, 3.8) is 0 Å². The van der Waals surface area contributed by atoms with Crippen molar-refractivity contribution in [3.8, 4) is 0 Å². The fourth-order valence-corrected chi connectivity index (χ4v) is 1.70. The van der Waals surface area contributed by atoms with E-state index in [2.05, 4.69) is 12.6 Å². The highest BCUT2D eigenvalue weighted by Crippen LogP contribution is 2.06. The average molecular weight is 228 g/mol. The smallest absolute Gasteiger partial charge is 0.312 e. The van der Waals surface area contributed by atoms with E-state index in [0.29, 0.717) is 12.5 Å². The highest BCUT2D eigenvalue weighted by Gasteiger charge is 2.08. The first kappa shape index (κ1) is 12.1. The molecule has 0 N–H and O–H groups in total. The Morgan fingerprint density at radius 2 is 2.00 bits per heavy atom. The van der Waals surface area contributed by atoms with E-state index < -0.39 is 11.1 Å². The van der Waals surface area contributed by atoms with Crippen LogP contribution >= 0.6 is 12.6 Å². The number of thiol groups is 1. The van der Waals surface area contributed by atoms with Crippen molar-refractivity contribution in [1.29, 1.82) is 0 Å². The van der Waals surface area contributed by atoms with Gasteiger partial charge in [0.05, 0.1) is 0 Å². The highest BCUT2D eigenvalue weighted by molar-refractivity contribution is 7.80. The SMILES string of the molecule is CCC(CS)Cn1ccn(C)c(=O)c1=O. The summed E-state index contributed by atoms with van der Waals surface area (Å²) in [5.74, 6) is 1.05. The molecule has 1 rings (SSSR count). The van der Waals surface area contributed by atoms with Gasteiger partial charge in [-0.1, -0.05) is 13.3 Å². The Bertz CT molecular complexity index is 432. The lowest BCUT2D eigenvalue weighted by atomic mass is 10.1. The first-order valence-electron chi connectivity index (χ1n) is 4.97. The van der Waals surface area contributed by atoms with Crippen LogP contribution < -0.4 is 11.1 Å². The quantitative estimate of drug-likeness (QED) is 0.602. The Hall–Kier alpha value is -0.970. The molecule has 0 aromatic carbocycles.